The molecular formula is C8H16O. The third-order valence-electron chi connectivity index (χ3n) is 2.42. The summed E-state index contributed by atoms with van der Waals surface area (Å²) in [5, 5.41) is 9.35. The van der Waals surface area contributed by atoms with Crippen molar-refractivity contribution in [1.82, 2.24) is 0 Å². The van der Waals surface area contributed by atoms with Crippen LogP contribution in [0, 0.1) is 11.8 Å². The van der Waals surface area contributed by atoms with Crippen LogP contribution in [0.1, 0.15) is 33.1 Å². The van der Waals surface area contributed by atoms with Crippen LogP contribution in [-0.2, 0) is 0 Å². The summed E-state index contributed by atoms with van der Waals surface area (Å²) in [4.78, 5) is 0. The molecule has 0 aliphatic heterocycles. The fourth-order valence-corrected chi connectivity index (χ4v) is 1.50. The zero-order valence-corrected chi connectivity index (χ0v) is 6.30. The average molecular weight is 128 g/mol. The predicted octanol–water partition coefficient (Wildman–Crippen LogP) is 1.80. The molecular weight excluding hydrogens is 112 g/mol. The van der Waals surface area contributed by atoms with Crippen molar-refractivity contribution in [2.24, 2.45) is 11.8 Å². The molecule has 0 bridgehead atoms. The zero-order chi connectivity index (χ0) is 6.85. The lowest BCUT2D eigenvalue weighted by molar-refractivity contribution is 0.0577. The van der Waals surface area contributed by atoms with E-state index in [2.05, 4.69) is 13.8 Å². The molecule has 1 rings (SSSR count). The molecule has 3 atom stereocenters. The van der Waals surface area contributed by atoms with Gasteiger partial charge in [0.25, 0.3) is 0 Å². The maximum Gasteiger partial charge on any atom is 0.0568 e. The lowest BCUT2D eigenvalue weighted by Gasteiger charge is -2.28. The molecule has 0 aromatic carbocycles. The van der Waals surface area contributed by atoms with Gasteiger partial charge in [-0.1, -0.05) is 20.3 Å². The number of hydrogen-bond donors (Lipinski definition) is 1. The largest absolute Gasteiger partial charge is 0.393 e. The van der Waals surface area contributed by atoms with Crippen molar-refractivity contribution in [3.63, 3.8) is 0 Å². The molecule has 0 aromatic rings. The van der Waals surface area contributed by atoms with Crippen molar-refractivity contribution in [3.05, 3.63) is 0 Å². The fourth-order valence-electron chi connectivity index (χ4n) is 1.50. The van der Waals surface area contributed by atoms with Gasteiger partial charge in [0.05, 0.1) is 6.10 Å². The van der Waals surface area contributed by atoms with E-state index in [4.69, 9.17) is 0 Å². The summed E-state index contributed by atoms with van der Waals surface area (Å²) in [6.45, 7) is 4.35. The molecule has 0 aromatic heterocycles. The Morgan fingerprint density at radius 3 is 2.33 bits per heavy atom. The van der Waals surface area contributed by atoms with Gasteiger partial charge in [-0.05, 0) is 24.7 Å². The molecule has 1 nitrogen and oxygen atoms in total. The molecule has 1 aliphatic rings. The van der Waals surface area contributed by atoms with Crippen LogP contribution in [-0.4, -0.2) is 11.2 Å². The molecule has 0 amide bonds. The van der Waals surface area contributed by atoms with Gasteiger partial charge in [0.2, 0.25) is 0 Å². The maximum absolute atomic E-state index is 9.35. The molecule has 1 fully saturated rings. The fraction of sp³-hybridized carbons (Fsp3) is 1.00. The summed E-state index contributed by atoms with van der Waals surface area (Å²) in [7, 11) is 0. The molecule has 0 spiro atoms. The average Bonchev–Trinajstić information content (AvgIpc) is 1.80. The van der Waals surface area contributed by atoms with E-state index in [9.17, 15) is 5.11 Å². The Bertz CT molecular complexity index is 90.6. The number of aliphatic hydroxyl groups is 1. The Balaban J connectivity index is 2.35. The molecule has 1 N–H and O–H groups in total. The standard InChI is InChI=1S/C8H16O/c1-6-3-4-7(2)8(9)5-6/h6-9H,3-5H2,1-2H3/t6-,7-,8-/m0/s1. The van der Waals surface area contributed by atoms with E-state index < -0.39 is 0 Å². The second kappa shape index (κ2) is 2.70. The van der Waals surface area contributed by atoms with Gasteiger partial charge in [0.1, 0.15) is 0 Å². The van der Waals surface area contributed by atoms with Crippen LogP contribution in [0.2, 0.25) is 0 Å². The summed E-state index contributed by atoms with van der Waals surface area (Å²) in [5.41, 5.74) is 0. The van der Waals surface area contributed by atoms with Crippen molar-refractivity contribution in [2.75, 3.05) is 0 Å². The minimum absolute atomic E-state index is 0.0197. The Morgan fingerprint density at radius 2 is 1.89 bits per heavy atom. The first-order valence-electron chi connectivity index (χ1n) is 3.88. The number of aliphatic hydroxyl groups excluding tert-OH is 1. The monoisotopic (exact) mass is 128 g/mol. The number of hydrogen-bond acceptors (Lipinski definition) is 1. The highest BCUT2D eigenvalue weighted by Crippen LogP contribution is 2.27. The Labute approximate surface area is 57.1 Å². The predicted molar refractivity (Wildman–Crippen MR) is 38.2 cm³/mol. The topological polar surface area (TPSA) is 20.2 Å². The lowest BCUT2D eigenvalue weighted by atomic mass is 9.82. The van der Waals surface area contributed by atoms with Crippen molar-refractivity contribution in [2.45, 2.75) is 39.2 Å². The van der Waals surface area contributed by atoms with Crippen LogP contribution in [0.25, 0.3) is 0 Å². The van der Waals surface area contributed by atoms with Crippen molar-refractivity contribution >= 4 is 0 Å². The van der Waals surface area contributed by atoms with Gasteiger partial charge >= 0.3 is 0 Å². The summed E-state index contributed by atoms with van der Waals surface area (Å²) >= 11 is 0. The Morgan fingerprint density at radius 1 is 1.22 bits per heavy atom. The molecule has 0 unspecified atom stereocenters. The van der Waals surface area contributed by atoms with Crippen LogP contribution in [0.15, 0.2) is 0 Å². The van der Waals surface area contributed by atoms with Crippen LogP contribution < -0.4 is 0 Å². The molecule has 1 heteroatoms. The molecule has 1 aliphatic carbocycles. The third-order valence-corrected chi connectivity index (χ3v) is 2.42. The lowest BCUT2D eigenvalue weighted by Crippen LogP contribution is -2.25. The normalized spacial score (nSPS) is 45.0. The van der Waals surface area contributed by atoms with Gasteiger partial charge in [-0.15, -0.1) is 0 Å². The van der Waals surface area contributed by atoms with Gasteiger partial charge in [-0.2, -0.15) is 0 Å². The first-order chi connectivity index (χ1) is 4.20. The number of rotatable bonds is 0. The van der Waals surface area contributed by atoms with Crippen LogP contribution in [0.3, 0.4) is 0 Å². The minimum atomic E-state index is -0.0197. The molecule has 54 valence electrons. The summed E-state index contributed by atoms with van der Waals surface area (Å²) in [6.07, 6.45) is 3.51. The highest BCUT2D eigenvalue weighted by Gasteiger charge is 2.22. The molecule has 1 saturated carbocycles. The van der Waals surface area contributed by atoms with E-state index in [1.165, 1.54) is 12.8 Å². The van der Waals surface area contributed by atoms with E-state index in [1.54, 1.807) is 0 Å². The molecule has 0 heterocycles. The summed E-state index contributed by atoms with van der Waals surface area (Å²) in [6, 6.07) is 0. The van der Waals surface area contributed by atoms with Crippen LogP contribution in [0.5, 0.6) is 0 Å². The second-order valence-corrected chi connectivity index (χ2v) is 3.46. The van der Waals surface area contributed by atoms with Crippen molar-refractivity contribution in [1.29, 1.82) is 0 Å². The first-order valence-corrected chi connectivity index (χ1v) is 3.88. The van der Waals surface area contributed by atoms with Gasteiger partial charge in [-0.3, -0.25) is 0 Å². The second-order valence-electron chi connectivity index (χ2n) is 3.46. The van der Waals surface area contributed by atoms with Crippen LogP contribution in [0.4, 0.5) is 0 Å². The molecule has 9 heavy (non-hydrogen) atoms. The van der Waals surface area contributed by atoms with E-state index >= 15 is 0 Å². The smallest absolute Gasteiger partial charge is 0.0568 e. The molecule has 0 radical (unpaired) electrons. The quantitative estimate of drug-likeness (QED) is 0.527. The van der Waals surface area contributed by atoms with Crippen molar-refractivity contribution < 1.29 is 5.11 Å². The SMILES string of the molecule is C[C@H]1CC[C@H](C)[C@@H](O)C1. The van der Waals surface area contributed by atoms with Gasteiger partial charge in [0, 0.05) is 0 Å². The third kappa shape index (κ3) is 1.68. The zero-order valence-electron chi connectivity index (χ0n) is 6.30. The van der Waals surface area contributed by atoms with E-state index in [1.807, 2.05) is 0 Å². The highest BCUT2D eigenvalue weighted by molar-refractivity contribution is 4.74. The van der Waals surface area contributed by atoms with E-state index in [0.29, 0.717) is 5.92 Å². The molecule has 0 saturated heterocycles. The Kier molecular flexibility index (Phi) is 2.12. The summed E-state index contributed by atoms with van der Waals surface area (Å²) < 4.78 is 0. The van der Waals surface area contributed by atoms with E-state index in [-0.39, 0.29) is 6.10 Å². The van der Waals surface area contributed by atoms with Crippen LogP contribution >= 0.6 is 0 Å². The van der Waals surface area contributed by atoms with E-state index in [0.717, 1.165) is 12.3 Å². The van der Waals surface area contributed by atoms with Gasteiger partial charge in [0.15, 0.2) is 0 Å². The van der Waals surface area contributed by atoms with Gasteiger partial charge < -0.3 is 5.11 Å². The maximum atomic E-state index is 9.35. The minimum Gasteiger partial charge on any atom is -0.393 e. The van der Waals surface area contributed by atoms with Gasteiger partial charge in [-0.25, -0.2) is 0 Å². The summed E-state index contributed by atoms with van der Waals surface area (Å²) in [5.74, 6) is 1.29. The van der Waals surface area contributed by atoms with Crippen molar-refractivity contribution in [3.8, 4) is 0 Å². The first kappa shape index (κ1) is 7.07. The Hall–Kier alpha value is -0.0400. The highest BCUT2D eigenvalue weighted by atomic mass is 16.3.